The molecule has 1 N–H and O–H groups in total. The minimum Gasteiger partial charge on any atom is -0.469 e. The van der Waals surface area contributed by atoms with Crippen LogP contribution >= 0.6 is 0 Å². The van der Waals surface area contributed by atoms with Crippen molar-refractivity contribution >= 4 is 17.8 Å². The lowest BCUT2D eigenvalue weighted by Gasteiger charge is -2.19. The summed E-state index contributed by atoms with van der Waals surface area (Å²) in [6.45, 7) is 1.44. The fraction of sp³-hybridized carbons (Fsp3) is 0.400. The van der Waals surface area contributed by atoms with E-state index >= 15 is 0 Å². The van der Waals surface area contributed by atoms with Crippen molar-refractivity contribution in [2.75, 3.05) is 14.2 Å². The number of amides is 1. The van der Waals surface area contributed by atoms with E-state index < -0.39 is 52.8 Å². The van der Waals surface area contributed by atoms with Crippen LogP contribution in [0.15, 0.2) is 12.1 Å². The topological polar surface area (TPSA) is 81.7 Å². The molecule has 24 heavy (non-hydrogen) atoms. The second-order valence-corrected chi connectivity index (χ2v) is 4.95. The molecule has 1 amide bonds. The molecular formula is C15H16F3NO5. The normalized spacial score (nSPS) is 12.9. The Bertz CT molecular complexity index is 627. The summed E-state index contributed by atoms with van der Waals surface area (Å²) in [7, 11) is 2.19. The van der Waals surface area contributed by atoms with Crippen LogP contribution in [0.1, 0.15) is 23.7 Å². The van der Waals surface area contributed by atoms with Crippen molar-refractivity contribution in [2.45, 2.75) is 19.4 Å². The monoisotopic (exact) mass is 347 g/mol. The quantitative estimate of drug-likeness (QED) is 0.790. The van der Waals surface area contributed by atoms with Crippen molar-refractivity contribution in [3.8, 4) is 0 Å². The molecule has 0 radical (unpaired) electrons. The van der Waals surface area contributed by atoms with Crippen LogP contribution in [-0.2, 0) is 19.1 Å². The zero-order valence-corrected chi connectivity index (χ0v) is 13.2. The maximum atomic E-state index is 13.6. The van der Waals surface area contributed by atoms with E-state index in [0.717, 1.165) is 14.2 Å². The first-order chi connectivity index (χ1) is 11.2. The molecule has 0 aromatic heterocycles. The first-order valence-electron chi connectivity index (χ1n) is 6.82. The number of hydrogen-bond donors (Lipinski definition) is 1. The van der Waals surface area contributed by atoms with E-state index in [-0.39, 0.29) is 6.42 Å². The van der Waals surface area contributed by atoms with Crippen LogP contribution in [0.3, 0.4) is 0 Å². The number of nitrogens with one attached hydrogen (secondary N) is 1. The van der Waals surface area contributed by atoms with Crippen LogP contribution in [0.2, 0.25) is 0 Å². The highest BCUT2D eigenvalue weighted by molar-refractivity contribution is 5.97. The number of hydrogen-bond acceptors (Lipinski definition) is 5. The molecule has 1 rings (SSSR count). The van der Waals surface area contributed by atoms with Crippen LogP contribution in [0.25, 0.3) is 0 Å². The van der Waals surface area contributed by atoms with E-state index in [0.29, 0.717) is 12.1 Å². The van der Waals surface area contributed by atoms with Gasteiger partial charge < -0.3 is 14.8 Å². The third-order valence-corrected chi connectivity index (χ3v) is 3.22. The Labute approximate surface area is 135 Å². The Morgan fingerprint density at radius 3 is 2.00 bits per heavy atom. The summed E-state index contributed by atoms with van der Waals surface area (Å²) in [6, 6.07) is -0.676. The minimum absolute atomic E-state index is 0.213. The summed E-state index contributed by atoms with van der Waals surface area (Å²) in [4.78, 5) is 35.1. The van der Waals surface area contributed by atoms with Gasteiger partial charge in [-0.3, -0.25) is 9.59 Å². The lowest BCUT2D eigenvalue weighted by atomic mass is 10.0. The fourth-order valence-electron chi connectivity index (χ4n) is 2.00. The number of rotatable bonds is 6. The Morgan fingerprint density at radius 1 is 1.04 bits per heavy atom. The van der Waals surface area contributed by atoms with Gasteiger partial charge in [0, 0.05) is 12.1 Å². The Balaban J connectivity index is 3.01. The summed E-state index contributed by atoms with van der Waals surface area (Å²) in [5.74, 6) is -7.66. The van der Waals surface area contributed by atoms with Crippen molar-refractivity contribution in [2.24, 2.45) is 5.92 Å². The van der Waals surface area contributed by atoms with Gasteiger partial charge in [0.1, 0.15) is 29.1 Å². The summed E-state index contributed by atoms with van der Waals surface area (Å²) >= 11 is 0. The van der Waals surface area contributed by atoms with E-state index in [9.17, 15) is 27.6 Å². The molecule has 2 atom stereocenters. The van der Waals surface area contributed by atoms with Gasteiger partial charge in [0.2, 0.25) is 0 Å². The van der Waals surface area contributed by atoms with Crippen molar-refractivity contribution < 1.29 is 37.0 Å². The Hall–Kier alpha value is -2.58. The number of carbonyl (C=O) groups is 3. The van der Waals surface area contributed by atoms with Gasteiger partial charge in [-0.1, -0.05) is 6.92 Å². The molecule has 9 heteroatoms. The first-order valence-corrected chi connectivity index (χ1v) is 6.82. The fourth-order valence-corrected chi connectivity index (χ4v) is 2.00. The summed E-state index contributed by atoms with van der Waals surface area (Å²) in [5, 5.41) is 2.07. The summed E-state index contributed by atoms with van der Waals surface area (Å²) in [6.07, 6.45) is -0.213. The van der Waals surface area contributed by atoms with Crippen molar-refractivity contribution in [1.82, 2.24) is 5.32 Å². The van der Waals surface area contributed by atoms with Crippen LogP contribution < -0.4 is 5.32 Å². The lowest BCUT2D eigenvalue weighted by Crippen LogP contribution is -2.44. The Kier molecular flexibility index (Phi) is 6.75. The van der Waals surface area contributed by atoms with Gasteiger partial charge in [0.05, 0.1) is 20.1 Å². The summed E-state index contributed by atoms with van der Waals surface area (Å²) < 4.78 is 49.1. The number of ether oxygens (including phenoxy) is 2. The van der Waals surface area contributed by atoms with Gasteiger partial charge in [0.25, 0.3) is 5.91 Å². The lowest BCUT2D eigenvalue weighted by molar-refractivity contribution is -0.147. The van der Waals surface area contributed by atoms with E-state index in [1.54, 1.807) is 0 Å². The third kappa shape index (κ3) is 4.71. The van der Waals surface area contributed by atoms with E-state index in [2.05, 4.69) is 14.8 Å². The molecule has 1 aromatic rings. The van der Waals surface area contributed by atoms with E-state index in [1.165, 1.54) is 6.92 Å². The molecule has 6 nitrogen and oxygen atoms in total. The number of methoxy groups -OCH3 is 2. The first kappa shape index (κ1) is 19.5. The standard InChI is InChI=1S/C15H16F3NO5/c1-7(14(21)23-2)4-11(15(22)24-3)19-13(20)12-9(17)5-8(16)6-10(12)18/h5-7,11H,4H2,1-3H3,(H,19,20)/t7-,11-/m1/s1. The molecule has 1 aromatic carbocycles. The van der Waals surface area contributed by atoms with Crippen molar-refractivity contribution in [3.63, 3.8) is 0 Å². The zero-order chi connectivity index (χ0) is 18.4. The Morgan fingerprint density at radius 2 is 1.54 bits per heavy atom. The molecule has 0 bridgehead atoms. The number of carbonyl (C=O) groups excluding carboxylic acids is 3. The minimum atomic E-state index is -1.42. The van der Waals surface area contributed by atoms with Crippen LogP contribution in [0.4, 0.5) is 13.2 Å². The van der Waals surface area contributed by atoms with Crippen LogP contribution in [0, 0.1) is 23.4 Å². The van der Waals surface area contributed by atoms with Crippen LogP contribution in [-0.4, -0.2) is 38.1 Å². The highest BCUT2D eigenvalue weighted by Crippen LogP contribution is 2.16. The van der Waals surface area contributed by atoms with Gasteiger partial charge in [0.15, 0.2) is 0 Å². The molecule has 0 spiro atoms. The largest absolute Gasteiger partial charge is 0.469 e. The number of esters is 2. The van der Waals surface area contributed by atoms with Crippen molar-refractivity contribution in [1.29, 1.82) is 0 Å². The molecule has 0 heterocycles. The molecule has 0 unspecified atom stereocenters. The predicted molar refractivity (Wildman–Crippen MR) is 75.4 cm³/mol. The predicted octanol–water partition coefficient (Wildman–Crippen LogP) is 1.57. The molecule has 0 fully saturated rings. The molecule has 0 saturated carbocycles. The molecule has 0 saturated heterocycles. The van der Waals surface area contributed by atoms with E-state index in [1.807, 2.05) is 0 Å². The molecular weight excluding hydrogens is 331 g/mol. The van der Waals surface area contributed by atoms with Gasteiger partial charge in [-0.2, -0.15) is 0 Å². The van der Waals surface area contributed by atoms with E-state index in [4.69, 9.17) is 0 Å². The average Bonchev–Trinajstić information content (AvgIpc) is 2.51. The zero-order valence-electron chi connectivity index (χ0n) is 13.2. The van der Waals surface area contributed by atoms with Crippen LogP contribution in [0.5, 0.6) is 0 Å². The van der Waals surface area contributed by atoms with Gasteiger partial charge >= 0.3 is 11.9 Å². The highest BCUT2D eigenvalue weighted by atomic mass is 19.1. The van der Waals surface area contributed by atoms with Crippen molar-refractivity contribution in [3.05, 3.63) is 35.1 Å². The second-order valence-electron chi connectivity index (χ2n) is 4.95. The molecule has 132 valence electrons. The van der Waals surface area contributed by atoms with Gasteiger partial charge in [-0.25, -0.2) is 18.0 Å². The molecule has 0 aliphatic rings. The smallest absolute Gasteiger partial charge is 0.328 e. The molecule has 0 aliphatic carbocycles. The summed E-state index contributed by atoms with van der Waals surface area (Å²) in [5.41, 5.74) is -1.05. The highest BCUT2D eigenvalue weighted by Gasteiger charge is 2.29. The van der Waals surface area contributed by atoms with Gasteiger partial charge in [-0.15, -0.1) is 0 Å². The number of halogens is 3. The third-order valence-electron chi connectivity index (χ3n) is 3.22. The maximum absolute atomic E-state index is 13.6. The second kappa shape index (κ2) is 8.32. The SMILES string of the molecule is COC(=O)[C@H](C)C[C@@H](NC(=O)c1c(F)cc(F)cc1F)C(=O)OC. The number of benzene rings is 1. The van der Waals surface area contributed by atoms with Gasteiger partial charge in [-0.05, 0) is 6.42 Å². The maximum Gasteiger partial charge on any atom is 0.328 e. The molecule has 0 aliphatic heterocycles. The average molecular weight is 347 g/mol.